The second kappa shape index (κ2) is 36.0. The van der Waals surface area contributed by atoms with Crippen molar-refractivity contribution in [2.24, 2.45) is 11.5 Å². The number of benzene rings is 3. The van der Waals surface area contributed by atoms with Gasteiger partial charge in [-0.25, -0.2) is 32.3 Å². The zero-order valence-corrected chi connectivity index (χ0v) is 63.6. The normalized spacial score (nSPS) is 15.8. The van der Waals surface area contributed by atoms with Crippen LogP contribution in [0.25, 0.3) is 32.7 Å². The molecular formula is C74H84Cl3F6N11O17. The summed E-state index contributed by atoms with van der Waals surface area (Å²) in [5.74, 6) is -6.06. The number of aromatic carboxylic acids is 3. The van der Waals surface area contributed by atoms with E-state index in [9.17, 15) is 71.6 Å². The summed E-state index contributed by atoms with van der Waals surface area (Å²) in [7, 11) is 4.25. The van der Waals surface area contributed by atoms with Crippen LogP contribution in [-0.2, 0) is 19.1 Å². The smallest absolute Gasteiger partial charge is 0.446 e. The number of nitrogens with one attached hydrogen (secondary N) is 3. The van der Waals surface area contributed by atoms with Crippen molar-refractivity contribution in [3.63, 3.8) is 0 Å². The predicted molar refractivity (Wildman–Crippen MR) is 403 cm³/mol. The molecule has 3 aliphatic heterocycles. The summed E-state index contributed by atoms with van der Waals surface area (Å²) in [5.41, 5.74) is 11.7. The fraction of sp³-hybridized carbons (Fsp3) is 0.459. The van der Waals surface area contributed by atoms with E-state index in [4.69, 9.17) is 70.0 Å². The number of carbonyl (C=O) groups is 7. The number of methoxy groups -OCH3 is 3. The number of halogens is 9. The number of ether oxygens (including phenoxy) is 4. The lowest BCUT2D eigenvalue weighted by molar-refractivity contribution is -0.156. The van der Waals surface area contributed by atoms with Crippen molar-refractivity contribution in [3.05, 3.63) is 133 Å². The number of carbonyl (C=O) groups excluding carboxylic acids is 4. The van der Waals surface area contributed by atoms with E-state index < -0.39 is 92.8 Å². The molecule has 111 heavy (non-hydrogen) atoms. The number of piperidine rings is 3. The first-order valence-electron chi connectivity index (χ1n) is 35.3. The summed E-state index contributed by atoms with van der Waals surface area (Å²) in [6, 6.07) is 3.46. The molecule has 0 spiro atoms. The van der Waals surface area contributed by atoms with Crippen molar-refractivity contribution in [2.45, 2.75) is 128 Å². The van der Waals surface area contributed by atoms with E-state index in [-0.39, 0.29) is 113 Å². The van der Waals surface area contributed by atoms with Crippen LogP contribution >= 0.6 is 34.8 Å². The molecule has 600 valence electrons. The van der Waals surface area contributed by atoms with Gasteiger partial charge in [0.05, 0.1) is 73.7 Å². The maximum atomic E-state index is 15.6. The van der Waals surface area contributed by atoms with Gasteiger partial charge in [0.15, 0.2) is 34.7 Å². The van der Waals surface area contributed by atoms with Crippen LogP contribution in [0.2, 0.25) is 0 Å². The summed E-state index contributed by atoms with van der Waals surface area (Å²) in [4.78, 5) is 123. The van der Waals surface area contributed by atoms with Crippen molar-refractivity contribution < 1.29 is 94.2 Å². The van der Waals surface area contributed by atoms with Crippen LogP contribution in [0.4, 0.5) is 48.2 Å². The standard InChI is InChI=1S/C28H34ClFN4O7.C23H26ClFN4O5.C21H23ClFN3O4.C2HF3O/c1-28(2,3)41-27(39)32-13-21(35)31-12-19(29)15-7-9-33(10-8-15)23-20(30)11-17-22(25(23)40-4)34(16-5-6-16)14-18(24(17)36)26(37)38;1-34-22-19-14(21(31)15(23(32)33)11-29(19)13-2-3-13)8-17(25)20(22)28-6-4-12(5-7-28)16(24)10-27-18(30)9-26;1-30-20-17-13(19(27)14(21(28)29)10-26(17)12-2-3-12)8-16(23)18(20)25-6-4-11(5-7-25)15(22)9-24;3-2(4,5)1-6/h11,14,16H,5-10,12-13H2,1-4H3,(H,31,35)(H,32,39)(H,37,38);8,11,13H,2-7,9-10,26H2,1H3,(H,27,30)(H,32,33);8,10,12H,2-7,9,24H2,1H3,(H,28,29);1H. The minimum atomic E-state index is -4.64. The Hall–Kier alpha value is -10.0. The van der Waals surface area contributed by atoms with Crippen molar-refractivity contribution in [1.82, 2.24) is 29.7 Å². The van der Waals surface area contributed by atoms with Crippen LogP contribution in [0.15, 0.2) is 83.0 Å². The lowest BCUT2D eigenvalue weighted by Crippen LogP contribution is -2.40. The van der Waals surface area contributed by atoms with Gasteiger partial charge in [0.1, 0.15) is 45.9 Å². The van der Waals surface area contributed by atoms with E-state index in [0.717, 1.165) is 73.4 Å². The fourth-order valence-corrected chi connectivity index (χ4v) is 14.0. The molecular weight excluding hydrogens is 1540 g/mol. The Balaban J connectivity index is 0.000000186. The first-order valence-corrected chi connectivity index (χ1v) is 36.5. The summed E-state index contributed by atoms with van der Waals surface area (Å²) in [6.45, 7) is 8.12. The maximum Gasteiger partial charge on any atom is 0.446 e. The fourth-order valence-electron chi connectivity index (χ4n) is 13.3. The number of aromatic nitrogens is 3. The zero-order chi connectivity index (χ0) is 81.4. The highest BCUT2D eigenvalue weighted by atomic mass is 35.5. The number of alkyl halides is 3. The minimum Gasteiger partial charge on any atom is -0.492 e. The third kappa shape index (κ3) is 20.2. The molecule has 37 heteroatoms. The Labute approximate surface area is 645 Å². The Morgan fingerprint density at radius 3 is 1.03 bits per heavy atom. The van der Waals surface area contributed by atoms with Crippen molar-refractivity contribution in [1.29, 1.82) is 0 Å². The minimum absolute atomic E-state index is 0.00709. The topological polar surface area (TPSA) is 381 Å². The molecule has 0 unspecified atom stereocenters. The van der Waals surface area contributed by atoms with Crippen LogP contribution in [0.1, 0.15) is 147 Å². The molecule has 6 heterocycles. The number of anilines is 3. The molecule has 12 rings (SSSR count). The number of hydrogen-bond acceptors (Lipinski definition) is 19. The molecule has 3 amide bonds. The number of rotatable bonds is 20. The number of nitrogens with zero attached hydrogens (tertiary/aromatic N) is 6. The molecule has 3 aliphatic carbocycles. The average Bonchev–Trinajstić information content (AvgIpc) is 1.20. The predicted octanol–water partition coefficient (Wildman–Crippen LogP) is 10.2. The van der Waals surface area contributed by atoms with Gasteiger partial charge in [-0.2, -0.15) is 13.2 Å². The van der Waals surface area contributed by atoms with Gasteiger partial charge in [0.2, 0.25) is 34.4 Å². The average molecular weight is 1620 g/mol. The summed E-state index contributed by atoms with van der Waals surface area (Å²) in [6.07, 6.45) is 6.08. The molecule has 6 fully saturated rings. The van der Waals surface area contributed by atoms with E-state index in [1.807, 2.05) is 14.7 Å². The second-order valence-electron chi connectivity index (χ2n) is 27.8. The van der Waals surface area contributed by atoms with Crippen LogP contribution in [0.5, 0.6) is 17.2 Å². The number of alkyl carbamates (subject to hydrolysis) is 1. The van der Waals surface area contributed by atoms with Gasteiger partial charge in [-0.1, -0.05) is 51.5 Å². The van der Waals surface area contributed by atoms with E-state index in [1.54, 1.807) is 34.5 Å². The highest BCUT2D eigenvalue weighted by Gasteiger charge is 2.37. The first kappa shape index (κ1) is 85.0. The number of carboxylic acid groups (broad SMARTS) is 3. The van der Waals surface area contributed by atoms with Gasteiger partial charge in [-0.05, 0) is 116 Å². The molecule has 6 aromatic rings. The number of amides is 3. The van der Waals surface area contributed by atoms with E-state index in [2.05, 4.69) is 16.0 Å². The van der Waals surface area contributed by atoms with Gasteiger partial charge in [0.25, 0.3) is 0 Å². The highest BCUT2D eigenvalue weighted by Crippen LogP contribution is 2.48. The molecule has 3 aromatic carbocycles. The van der Waals surface area contributed by atoms with Gasteiger partial charge in [0, 0.05) is 97.6 Å². The first-order chi connectivity index (χ1) is 52.5. The van der Waals surface area contributed by atoms with Crippen molar-refractivity contribution in [2.75, 3.05) is 108 Å². The number of aldehydes is 1. The van der Waals surface area contributed by atoms with Gasteiger partial charge in [-0.3, -0.25) is 28.8 Å². The molecule has 28 nitrogen and oxygen atoms in total. The Kier molecular flexibility index (Phi) is 27.5. The van der Waals surface area contributed by atoms with E-state index >= 15 is 13.2 Å². The molecule has 3 saturated carbocycles. The molecule has 6 aliphatic rings. The van der Waals surface area contributed by atoms with E-state index in [0.29, 0.717) is 109 Å². The van der Waals surface area contributed by atoms with E-state index in [1.165, 1.54) is 39.9 Å². The van der Waals surface area contributed by atoms with Crippen molar-refractivity contribution >= 4 is 127 Å². The number of hydrogen-bond donors (Lipinski definition) is 8. The SMILES string of the molecule is COc1c(N2CCC(=C(Cl)CN)CC2)c(F)cc2c(=O)c(C(=O)O)cn(C3CC3)c12.COc1c(N2CCC(=C(Cl)CNC(=O)CN)CC2)c(F)cc2c(=O)c(C(=O)O)cn(C3CC3)c12.COc1c(N2CCC(=C(Cl)CNC(=O)CNC(=O)OC(C)(C)C)CC2)c(F)cc2c(=O)c(C(=O)O)cn(C3CC3)c12.O=CC(F)(F)F. The molecule has 3 aromatic heterocycles. The van der Waals surface area contributed by atoms with Crippen LogP contribution in [-0.4, -0.2) is 176 Å². The summed E-state index contributed by atoms with van der Waals surface area (Å²) in [5, 5.41) is 37.7. The van der Waals surface area contributed by atoms with Crippen LogP contribution in [0.3, 0.4) is 0 Å². The van der Waals surface area contributed by atoms with Crippen molar-refractivity contribution in [3.8, 4) is 17.2 Å². The Bertz CT molecular complexity index is 4940. The second-order valence-corrected chi connectivity index (χ2v) is 29.2. The number of carboxylic acids is 3. The quantitative estimate of drug-likeness (QED) is 0.0260. The van der Waals surface area contributed by atoms with Gasteiger partial charge in [-0.15, -0.1) is 0 Å². The Morgan fingerprint density at radius 2 is 0.784 bits per heavy atom. The maximum absolute atomic E-state index is 15.6. The molecule has 0 radical (unpaired) electrons. The third-order valence-corrected chi connectivity index (χ3v) is 20.3. The lowest BCUT2D eigenvalue weighted by atomic mass is 10.0. The number of fused-ring (bicyclic) bond motifs is 3. The van der Waals surface area contributed by atoms with Crippen LogP contribution in [0, 0.1) is 17.5 Å². The highest BCUT2D eigenvalue weighted by molar-refractivity contribution is 6.31. The molecule has 10 N–H and O–H groups in total. The molecule has 3 saturated heterocycles. The summed E-state index contributed by atoms with van der Waals surface area (Å²) >= 11 is 19.0. The largest absolute Gasteiger partial charge is 0.492 e. The summed E-state index contributed by atoms with van der Waals surface area (Å²) < 4.78 is 105. The van der Waals surface area contributed by atoms with Gasteiger partial charge < -0.3 is 90.1 Å². The zero-order valence-electron chi connectivity index (χ0n) is 61.3. The molecule has 0 bridgehead atoms. The van der Waals surface area contributed by atoms with Gasteiger partial charge >= 0.3 is 30.2 Å². The number of nitrogens with two attached hydrogens (primary N) is 2. The Morgan fingerprint density at radius 1 is 0.495 bits per heavy atom. The van der Waals surface area contributed by atoms with Crippen LogP contribution < -0.4 is 72.6 Å². The number of pyridine rings is 3. The third-order valence-electron chi connectivity index (χ3n) is 19.1. The lowest BCUT2D eigenvalue weighted by Gasteiger charge is -2.33. The monoisotopic (exact) mass is 1620 g/mol. The molecule has 0 atom stereocenters.